The summed E-state index contributed by atoms with van der Waals surface area (Å²) in [4.78, 5) is 12.1. The number of benzene rings is 2. The molecule has 29 heavy (non-hydrogen) atoms. The summed E-state index contributed by atoms with van der Waals surface area (Å²) in [5, 5.41) is 2.58. The van der Waals surface area contributed by atoms with E-state index in [1.54, 1.807) is 35.2 Å². The van der Waals surface area contributed by atoms with Gasteiger partial charge in [-0.25, -0.2) is 8.42 Å². The van der Waals surface area contributed by atoms with Crippen LogP contribution in [-0.2, 0) is 9.84 Å². The third-order valence-corrected chi connectivity index (χ3v) is 5.81. The molecule has 3 rings (SSSR count). The minimum atomic E-state index is -4.90. The first-order valence-electron chi connectivity index (χ1n) is 8.19. The van der Waals surface area contributed by atoms with Crippen LogP contribution in [0.2, 0.25) is 5.02 Å². The first kappa shape index (κ1) is 20.8. The van der Waals surface area contributed by atoms with E-state index in [0.29, 0.717) is 5.69 Å². The highest BCUT2D eigenvalue weighted by Gasteiger charge is 2.30. The van der Waals surface area contributed by atoms with Crippen LogP contribution in [0.5, 0.6) is 5.75 Å². The number of carbonyl (C=O) groups excluding carboxylic acids is 1. The second-order valence-corrected chi connectivity index (χ2v) is 8.14. The molecule has 10 heteroatoms. The average Bonchev–Trinajstić information content (AvgIpc) is 3.22. The molecule has 0 aliphatic heterocycles. The molecule has 152 valence electrons. The summed E-state index contributed by atoms with van der Waals surface area (Å²) in [5.41, 5.74) is 0.300. The number of sulfone groups is 1. The molecule has 0 unspecified atom stereocenters. The highest BCUT2D eigenvalue weighted by Crippen LogP contribution is 2.32. The van der Waals surface area contributed by atoms with E-state index in [-0.39, 0.29) is 22.0 Å². The van der Waals surface area contributed by atoms with Gasteiger partial charge in [-0.1, -0.05) is 23.7 Å². The number of ether oxygens (including phenoxy) is 1. The number of alkyl halides is 2. The highest BCUT2D eigenvalue weighted by molar-refractivity contribution is 7.91. The van der Waals surface area contributed by atoms with Crippen molar-refractivity contribution in [3.63, 3.8) is 0 Å². The van der Waals surface area contributed by atoms with Crippen molar-refractivity contribution in [1.29, 1.82) is 0 Å². The van der Waals surface area contributed by atoms with Gasteiger partial charge in [-0.3, -0.25) is 4.79 Å². The van der Waals surface area contributed by atoms with Crippen LogP contribution < -0.4 is 10.1 Å². The van der Waals surface area contributed by atoms with Crippen molar-refractivity contribution < 1.29 is 26.7 Å². The maximum Gasteiger partial charge on any atom is 0.341 e. The number of carbonyl (C=O) groups is 1. The quantitative estimate of drug-likeness (QED) is 0.616. The Balaban J connectivity index is 2.00. The molecule has 1 amide bonds. The van der Waals surface area contributed by atoms with Crippen LogP contribution in [0, 0.1) is 0 Å². The Bertz CT molecular complexity index is 1150. The molecular weight excluding hydrogens is 426 g/mol. The second kappa shape index (κ2) is 8.22. The number of aromatic nitrogens is 1. The van der Waals surface area contributed by atoms with Crippen LogP contribution in [-0.4, -0.2) is 31.8 Å². The Labute approximate surface area is 170 Å². The van der Waals surface area contributed by atoms with Crippen molar-refractivity contribution in [1.82, 2.24) is 4.57 Å². The van der Waals surface area contributed by atoms with Gasteiger partial charge in [0.05, 0.1) is 34.0 Å². The number of nitrogens with zero attached hydrogens (tertiary/aromatic N) is 1. The fraction of sp³-hybridized carbons (Fsp3) is 0.105. The zero-order chi connectivity index (χ0) is 21.2. The molecule has 0 bridgehead atoms. The molecule has 0 fully saturated rings. The molecule has 0 aliphatic carbocycles. The zero-order valence-corrected chi connectivity index (χ0v) is 16.5. The molecule has 0 saturated carbocycles. The van der Waals surface area contributed by atoms with Crippen molar-refractivity contribution in [2.24, 2.45) is 0 Å². The van der Waals surface area contributed by atoms with Gasteiger partial charge in [-0.2, -0.15) is 8.78 Å². The minimum Gasteiger partial charge on any atom is -0.496 e. The van der Waals surface area contributed by atoms with Crippen LogP contribution in [0.3, 0.4) is 0 Å². The molecule has 0 spiro atoms. The van der Waals surface area contributed by atoms with E-state index in [2.05, 4.69) is 5.32 Å². The fourth-order valence-corrected chi connectivity index (χ4v) is 3.83. The summed E-state index contributed by atoms with van der Waals surface area (Å²) in [5.74, 6) is -4.21. The van der Waals surface area contributed by atoms with Crippen LogP contribution in [0.25, 0.3) is 5.69 Å². The van der Waals surface area contributed by atoms with Gasteiger partial charge in [-0.05, 0) is 30.3 Å². The Morgan fingerprint density at radius 3 is 2.41 bits per heavy atom. The molecule has 6 nitrogen and oxygen atoms in total. The third kappa shape index (κ3) is 4.10. The summed E-state index contributed by atoms with van der Waals surface area (Å²) < 4.78 is 56.6. The largest absolute Gasteiger partial charge is 0.496 e. The topological polar surface area (TPSA) is 77.4 Å². The number of anilines is 1. The van der Waals surface area contributed by atoms with E-state index in [9.17, 15) is 22.0 Å². The van der Waals surface area contributed by atoms with Gasteiger partial charge < -0.3 is 14.6 Å². The second-order valence-electron chi connectivity index (χ2n) is 5.85. The molecule has 2 aromatic carbocycles. The van der Waals surface area contributed by atoms with Crippen molar-refractivity contribution in [3.8, 4) is 11.4 Å². The van der Waals surface area contributed by atoms with Crippen molar-refractivity contribution in [3.05, 3.63) is 71.5 Å². The van der Waals surface area contributed by atoms with E-state index < -0.39 is 26.4 Å². The van der Waals surface area contributed by atoms with Gasteiger partial charge in [0.1, 0.15) is 5.75 Å². The maximum absolute atomic E-state index is 12.9. The lowest BCUT2D eigenvalue weighted by Gasteiger charge is -2.15. The normalized spacial score (nSPS) is 11.5. The number of amides is 1. The van der Waals surface area contributed by atoms with Crippen molar-refractivity contribution in [2.45, 2.75) is 10.7 Å². The molecule has 3 aromatic rings. The van der Waals surface area contributed by atoms with Crippen LogP contribution >= 0.6 is 11.6 Å². The number of methoxy groups -OCH3 is 1. The molecule has 1 N–H and O–H groups in total. The van der Waals surface area contributed by atoms with E-state index in [0.717, 1.165) is 6.07 Å². The molecule has 1 aromatic heterocycles. The van der Waals surface area contributed by atoms with Gasteiger partial charge >= 0.3 is 5.76 Å². The predicted octanol–water partition coefficient (Wildman–Crippen LogP) is 4.39. The smallest absolute Gasteiger partial charge is 0.341 e. The molecule has 0 aliphatic rings. The standard InChI is InChI=1S/C19H15ClF2N2O4S/c1-28-16-11-15(24-8-4-5-9-24)13(20)10-12(16)18(25)23-14-6-2-3-7-17(14)29(26,27)19(21)22/h2-11,19H,1H3,(H,23,25). The Morgan fingerprint density at radius 1 is 1.14 bits per heavy atom. The van der Waals surface area contributed by atoms with Gasteiger partial charge in [0.15, 0.2) is 0 Å². The number of halogens is 3. The SMILES string of the molecule is COc1cc(-n2cccc2)c(Cl)cc1C(=O)Nc1ccccc1S(=O)(=O)C(F)F. The van der Waals surface area contributed by atoms with E-state index in [1.807, 2.05) is 0 Å². The summed E-state index contributed by atoms with van der Waals surface area (Å²) in [6.45, 7) is 0. The number of hydrogen-bond acceptors (Lipinski definition) is 4. The minimum absolute atomic E-state index is 0.0117. The maximum atomic E-state index is 12.9. The number of para-hydroxylation sites is 1. The highest BCUT2D eigenvalue weighted by atomic mass is 35.5. The Kier molecular flexibility index (Phi) is 5.90. The van der Waals surface area contributed by atoms with Crippen LogP contribution in [0.4, 0.5) is 14.5 Å². The number of rotatable bonds is 6. The van der Waals surface area contributed by atoms with Crippen LogP contribution in [0.1, 0.15) is 10.4 Å². The van der Waals surface area contributed by atoms with Crippen molar-refractivity contribution >= 4 is 33.0 Å². The predicted molar refractivity (Wildman–Crippen MR) is 105 cm³/mol. The van der Waals surface area contributed by atoms with E-state index in [4.69, 9.17) is 16.3 Å². The van der Waals surface area contributed by atoms with E-state index >= 15 is 0 Å². The first-order valence-corrected chi connectivity index (χ1v) is 10.1. The lowest BCUT2D eigenvalue weighted by molar-refractivity contribution is 0.102. The van der Waals surface area contributed by atoms with Gasteiger partial charge in [-0.15, -0.1) is 0 Å². The summed E-state index contributed by atoms with van der Waals surface area (Å²) in [6.07, 6.45) is 3.51. The van der Waals surface area contributed by atoms with Crippen molar-refractivity contribution in [2.75, 3.05) is 12.4 Å². The average molecular weight is 441 g/mol. The zero-order valence-electron chi connectivity index (χ0n) is 15.0. The molecular formula is C19H15ClF2N2O4S. The first-order chi connectivity index (χ1) is 13.8. The molecule has 0 saturated heterocycles. The lowest BCUT2D eigenvalue weighted by Crippen LogP contribution is -2.18. The number of nitrogens with one attached hydrogen (secondary N) is 1. The Morgan fingerprint density at radius 2 is 1.79 bits per heavy atom. The summed E-state index contributed by atoms with van der Waals surface area (Å²) >= 11 is 6.29. The third-order valence-electron chi connectivity index (χ3n) is 4.07. The molecule has 0 radical (unpaired) electrons. The fourth-order valence-electron chi connectivity index (χ4n) is 2.69. The molecule has 1 heterocycles. The van der Waals surface area contributed by atoms with Gasteiger partial charge in [0.25, 0.3) is 5.91 Å². The number of hydrogen-bond donors (Lipinski definition) is 1. The van der Waals surface area contributed by atoms with Gasteiger partial charge in [0.2, 0.25) is 9.84 Å². The molecule has 0 atom stereocenters. The summed E-state index contributed by atoms with van der Waals surface area (Å²) in [7, 11) is -3.55. The van der Waals surface area contributed by atoms with E-state index in [1.165, 1.54) is 31.4 Å². The Hall–Kier alpha value is -2.91. The summed E-state index contributed by atoms with van der Waals surface area (Å²) in [6, 6.07) is 11.4. The van der Waals surface area contributed by atoms with Crippen LogP contribution in [0.15, 0.2) is 65.8 Å². The monoisotopic (exact) mass is 440 g/mol. The lowest BCUT2D eigenvalue weighted by atomic mass is 10.1. The van der Waals surface area contributed by atoms with Gasteiger partial charge in [0, 0.05) is 18.5 Å².